The molecule has 2 unspecified atom stereocenters. The first-order valence-electron chi connectivity index (χ1n) is 7.19. The minimum absolute atomic E-state index is 0. The van der Waals surface area contributed by atoms with E-state index in [0.717, 1.165) is 0 Å². The first-order chi connectivity index (χ1) is 11.1. The average Bonchev–Trinajstić information content (AvgIpc) is 2.48. The molecule has 141 valence electrons. The second kappa shape index (κ2) is 14.0. The molecular weight excluding hydrogens is 386 g/mol. The Hall–Kier alpha value is -0.130. The number of carbonyl (C=O) groups is 3. The van der Waals surface area contributed by atoms with Crippen molar-refractivity contribution < 1.29 is 38.2 Å². The van der Waals surface area contributed by atoms with E-state index in [4.69, 9.17) is 25.0 Å². The molecule has 0 aromatic heterocycles. The van der Waals surface area contributed by atoms with Gasteiger partial charge in [0.05, 0.1) is 13.2 Å². The van der Waals surface area contributed by atoms with Gasteiger partial charge in [-0.1, -0.05) is 0 Å². The van der Waals surface area contributed by atoms with Crippen LogP contribution in [0.4, 0.5) is 0 Å². The Labute approximate surface area is 172 Å². The van der Waals surface area contributed by atoms with E-state index in [0.29, 0.717) is 0 Å². The Bertz CT molecular complexity index is 490. The summed E-state index contributed by atoms with van der Waals surface area (Å²) in [5.41, 5.74) is 5.55. The van der Waals surface area contributed by atoms with Crippen LogP contribution in [0.2, 0.25) is 0 Å². The summed E-state index contributed by atoms with van der Waals surface area (Å²) in [6, 6.07) is -2.19. The van der Waals surface area contributed by atoms with Crippen LogP contribution in [0, 0.1) is 0 Å². The number of ether oxygens (including phenoxy) is 2. The van der Waals surface area contributed by atoms with Gasteiger partial charge < -0.3 is 30.3 Å². The minimum atomic E-state index is -4.40. The number of esters is 2. The molecule has 0 aliphatic carbocycles. The van der Waals surface area contributed by atoms with E-state index in [1.807, 2.05) is 0 Å². The normalized spacial score (nSPS) is 13.2. The van der Waals surface area contributed by atoms with Gasteiger partial charge in [-0.05, 0) is 31.7 Å². The maximum Gasteiger partial charge on any atom is 0.384 e. The zero-order valence-electron chi connectivity index (χ0n) is 14.5. The first kappa shape index (κ1) is 27.1. The molecule has 0 aliphatic rings. The van der Waals surface area contributed by atoms with Crippen LogP contribution in [0.5, 0.6) is 0 Å². The fraction of sp³-hybridized carbons (Fsp3) is 0.750. The molecule has 0 bridgehead atoms. The van der Waals surface area contributed by atoms with E-state index in [1.165, 1.54) is 0 Å². The maximum atomic E-state index is 11.8. The third-order valence-electron chi connectivity index (χ3n) is 2.59. The van der Waals surface area contributed by atoms with Crippen LogP contribution in [-0.2, 0) is 28.4 Å². The van der Waals surface area contributed by atoms with Gasteiger partial charge in [0.1, 0.15) is 12.1 Å². The fourth-order valence-corrected chi connectivity index (χ4v) is 3.10. The molecule has 0 heterocycles. The number of hydrogen-bond donors (Lipinski definition) is 4. The smallest absolute Gasteiger partial charge is 0.384 e. The molecule has 13 heteroatoms. The molecule has 25 heavy (non-hydrogen) atoms. The van der Waals surface area contributed by atoms with E-state index in [9.17, 15) is 18.9 Å². The molecular formula is C12H23N2NaO8PS. The fourth-order valence-electron chi connectivity index (χ4n) is 1.50. The van der Waals surface area contributed by atoms with Crippen molar-refractivity contribution in [1.29, 1.82) is 0 Å². The summed E-state index contributed by atoms with van der Waals surface area (Å²) in [6.07, 6.45) is -0.150. The zero-order valence-corrected chi connectivity index (χ0v) is 18.2. The molecule has 0 aromatic carbocycles. The molecule has 0 saturated carbocycles. The number of amides is 1. The summed E-state index contributed by atoms with van der Waals surface area (Å²) in [4.78, 5) is 52.6. The summed E-state index contributed by atoms with van der Waals surface area (Å²) in [7, 11) is 0. The van der Waals surface area contributed by atoms with Gasteiger partial charge in [-0.15, -0.1) is 0 Å². The van der Waals surface area contributed by atoms with Gasteiger partial charge in [0, 0.05) is 41.7 Å². The van der Waals surface area contributed by atoms with Crippen molar-refractivity contribution in [3.05, 3.63) is 0 Å². The summed E-state index contributed by atoms with van der Waals surface area (Å²) in [6.45, 7) is -0.986. The first-order valence-corrected chi connectivity index (χ1v) is 10.4. The zero-order chi connectivity index (χ0) is 18.8. The van der Waals surface area contributed by atoms with Crippen molar-refractivity contribution in [3.63, 3.8) is 0 Å². The SMILES string of the molecule is CCOC(=O)C(N)CCC(=O)NC(CSP(=O)(O)O)C(=O)OCC.[Na]. The van der Waals surface area contributed by atoms with Crippen molar-refractivity contribution in [3.8, 4) is 0 Å². The maximum absolute atomic E-state index is 11.8. The van der Waals surface area contributed by atoms with Crippen LogP contribution in [-0.4, -0.2) is 88.2 Å². The number of nitrogens with one attached hydrogen (secondary N) is 1. The van der Waals surface area contributed by atoms with E-state index >= 15 is 0 Å². The van der Waals surface area contributed by atoms with Gasteiger partial charge in [0.2, 0.25) is 5.91 Å². The number of rotatable bonds is 11. The largest absolute Gasteiger partial charge is 0.465 e. The third-order valence-corrected chi connectivity index (χ3v) is 4.86. The summed E-state index contributed by atoms with van der Waals surface area (Å²) in [5.74, 6) is -2.39. The Balaban J connectivity index is 0. The van der Waals surface area contributed by atoms with Crippen LogP contribution < -0.4 is 11.1 Å². The third kappa shape index (κ3) is 13.7. The summed E-state index contributed by atoms with van der Waals surface area (Å²) >= 11 is 0.226. The standard InChI is InChI=1S/C12H23N2O8PS.Na/c1-3-21-11(16)8(13)5-6-10(15)14-9(12(17)22-4-2)7-24-23(18,19)20;/h8-9H,3-7,13H2,1-2H3,(H,14,15)(H2,18,19,20);. The molecule has 0 aromatic rings. The van der Waals surface area contributed by atoms with Gasteiger partial charge >= 0.3 is 18.7 Å². The monoisotopic (exact) mass is 409 g/mol. The number of hydrogen-bond acceptors (Lipinski definition) is 8. The predicted octanol–water partition coefficient (Wildman–Crippen LogP) is -0.850. The molecule has 10 nitrogen and oxygen atoms in total. The summed E-state index contributed by atoms with van der Waals surface area (Å²) in [5, 5.41) is 2.32. The Kier molecular flexibility index (Phi) is 15.2. The summed E-state index contributed by atoms with van der Waals surface area (Å²) < 4.78 is 20.3. The van der Waals surface area contributed by atoms with E-state index in [-0.39, 0.29) is 72.7 Å². The molecule has 2 atom stereocenters. The van der Waals surface area contributed by atoms with Crippen molar-refractivity contribution >= 4 is 65.6 Å². The second-order valence-electron chi connectivity index (χ2n) is 4.56. The molecule has 0 saturated heterocycles. The van der Waals surface area contributed by atoms with Crippen molar-refractivity contribution in [2.45, 2.75) is 38.8 Å². The Morgan fingerprint density at radius 3 is 2.16 bits per heavy atom. The Morgan fingerprint density at radius 2 is 1.68 bits per heavy atom. The van der Waals surface area contributed by atoms with Gasteiger partial charge in [0.15, 0.2) is 0 Å². The number of nitrogens with two attached hydrogens (primary N) is 1. The van der Waals surface area contributed by atoms with Crippen LogP contribution >= 0.6 is 18.2 Å². The van der Waals surface area contributed by atoms with E-state index in [2.05, 4.69) is 5.32 Å². The second-order valence-corrected chi connectivity index (χ2v) is 8.33. The van der Waals surface area contributed by atoms with E-state index in [1.54, 1.807) is 13.8 Å². The van der Waals surface area contributed by atoms with Gasteiger partial charge in [-0.2, -0.15) is 0 Å². The molecule has 0 rings (SSSR count). The number of carbonyl (C=O) groups excluding carboxylic acids is 3. The van der Waals surface area contributed by atoms with Gasteiger partial charge in [0.25, 0.3) is 0 Å². The van der Waals surface area contributed by atoms with Gasteiger partial charge in [-0.25, -0.2) is 9.36 Å². The topological polar surface area (TPSA) is 165 Å². The van der Waals surface area contributed by atoms with Crippen molar-refractivity contribution in [2.24, 2.45) is 5.73 Å². The average molecular weight is 409 g/mol. The van der Waals surface area contributed by atoms with Crippen molar-refractivity contribution in [1.82, 2.24) is 5.32 Å². The molecule has 1 amide bonds. The van der Waals surface area contributed by atoms with Crippen LogP contribution in [0.1, 0.15) is 26.7 Å². The van der Waals surface area contributed by atoms with Crippen LogP contribution in [0.25, 0.3) is 0 Å². The van der Waals surface area contributed by atoms with Gasteiger partial charge in [-0.3, -0.25) is 9.59 Å². The van der Waals surface area contributed by atoms with Crippen LogP contribution in [0.15, 0.2) is 0 Å². The quantitative estimate of drug-likeness (QED) is 0.192. The van der Waals surface area contributed by atoms with Crippen molar-refractivity contribution in [2.75, 3.05) is 19.0 Å². The Morgan fingerprint density at radius 1 is 1.16 bits per heavy atom. The van der Waals surface area contributed by atoms with Crippen LogP contribution in [0.3, 0.4) is 0 Å². The molecule has 0 fully saturated rings. The predicted molar refractivity (Wildman–Crippen MR) is 92.7 cm³/mol. The minimum Gasteiger partial charge on any atom is -0.465 e. The van der Waals surface area contributed by atoms with E-state index < -0.39 is 36.7 Å². The molecule has 0 aliphatic heterocycles. The molecule has 5 N–H and O–H groups in total. The molecule has 1 radical (unpaired) electrons. The molecule has 0 spiro atoms.